The molecule has 0 radical (unpaired) electrons. The Bertz CT molecular complexity index is 467. The number of hydrogen-bond acceptors (Lipinski definition) is 4. The third-order valence-electron chi connectivity index (χ3n) is 4.21. The lowest BCUT2D eigenvalue weighted by molar-refractivity contribution is -0.121. The van der Waals surface area contributed by atoms with Gasteiger partial charge in [-0.15, -0.1) is 0 Å². The maximum Gasteiger partial charge on any atom is 0.220 e. The maximum absolute atomic E-state index is 11.8. The van der Waals surface area contributed by atoms with Crippen molar-refractivity contribution in [3.05, 3.63) is 29.8 Å². The molecule has 1 saturated heterocycles. The van der Waals surface area contributed by atoms with Gasteiger partial charge in [0.05, 0.1) is 13.2 Å². The van der Waals surface area contributed by atoms with Crippen LogP contribution in [-0.4, -0.2) is 62.6 Å². The number of carbonyl (C=O) groups excluding carboxylic acids is 1. The molecular formula is C17H27N3O2. The Morgan fingerprint density at radius 1 is 1.23 bits per heavy atom. The molecular weight excluding hydrogens is 278 g/mol. The van der Waals surface area contributed by atoms with E-state index in [0.717, 1.165) is 44.0 Å². The van der Waals surface area contributed by atoms with E-state index in [-0.39, 0.29) is 11.9 Å². The van der Waals surface area contributed by atoms with E-state index >= 15 is 0 Å². The summed E-state index contributed by atoms with van der Waals surface area (Å²) in [5.74, 6) is 0.930. The highest BCUT2D eigenvalue weighted by Crippen LogP contribution is 2.19. The maximum atomic E-state index is 11.8. The Morgan fingerprint density at radius 3 is 2.41 bits per heavy atom. The van der Waals surface area contributed by atoms with E-state index in [1.165, 1.54) is 0 Å². The average Bonchev–Trinajstić information content (AvgIpc) is 2.56. The molecule has 1 fully saturated rings. The molecule has 1 aliphatic rings. The summed E-state index contributed by atoms with van der Waals surface area (Å²) in [5, 5.41) is 3.14. The smallest absolute Gasteiger partial charge is 0.220 e. The number of likely N-dealkylation sites (N-methyl/N-ethyl adjacent to an activating group) is 1. The van der Waals surface area contributed by atoms with Gasteiger partial charge in [-0.1, -0.05) is 19.1 Å². The van der Waals surface area contributed by atoms with E-state index in [4.69, 9.17) is 4.74 Å². The van der Waals surface area contributed by atoms with Gasteiger partial charge >= 0.3 is 0 Å². The van der Waals surface area contributed by atoms with Gasteiger partial charge in [-0.2, -0.15) is 0 Å². The summed E-state index contributed by atoms with van der Waals surface area (Å²) in [7, 11) is 3.81. The SMILES string of the molecule is CCC(=O)N[C@@H](CN1CCN(C)CC1)c1ccc(OC)cc1. The number of rotatable bonds is 6. The number of carbonyl (C=O) groups is 1. The summed E-state index contributed by atoms with van der Waals surface area (Å²) >= 11 is 0. The first-order chi connectivity index (χ1) is 10.6. The molecule has 1 aromatic rings. The highest BCUT2D eigenvalue weighted by molar-refractivity contribution is 5.76. The monoisotopic (exact) mass is 305 g/mol. The molecule has 0 unspecified atom stereocenters. The number of piperazine rings is 1. The first-order valence-corrected chi connectivity index (χ1v) is 7.96. The van der Waals surface area contributed by atoms with E-state index < -0.39 is 0 Å². The molecule has 0 aliphatic carbocycles. The van der Waals surface area contributed by atoms with Crippen molar-refractivity contribution >= 4 is 5.91 Å². The van der Waals surface area contributed by atoms with Crippen LogP contribution >= 0.6 is 0 Å². The quantitative estimate of drug-likeness (QED) is 0.865. The molecule has 0 bridgehead atoms. The minimum Gasteiger partial charge on any atom is -0.497 e. The lowest BCUT2D eigenvalue weighted by Gasteiger charge is -2.35. The summed E-state index contributed by atoms with van der Waals surface area (Å²) in [6.45, 7) is 6.99. The Hall–Kier alpha value is -1.59. The fourth-order valence-electron chi connectivity index (χ4n) is 2.66. The van der Waals surface area contributed by atoms with Gasteiger partial charge in [-0.05, 0) is 24.7 Å². The number of nitrogens with zero attached hydrogens (tertiary/aromatic N) is 2. The first-order valence-electron chi connectivity index (χ1n) is 7.96. The third kappa shape index (κ3) is 4.71. The van der Waals surface area contributed by atoms with E-state index in [9.17, 15) is 4.79 Å². The van der Waals surface area contributed by atoms with Crippen molar-refractivity contribution in [2.24, 2.45) is 0 Å². The van der Waals surface area contributed by atoms with E-state index in [1.807, 2.05) is 31.2 Å². The zero-order valence-corrected chi connectivity index (χ0v) is 13.8. The fourth-order valence-corrected chi connectivity index (χ4v) is 2.66. The minimum absolute atomic E-state index is 0.0294. The van der Waals surface area contributed by atoms with Crippen LogP contribution in [0.15, 0.2) is 24.3 Å². The van der Waals surface area contributed by atoms with Crippen LogP contribution in [0.5, 0.6) is 5.75 Å². The normalized spacial score (nSPS) is 18.0. The number of methoxy groups -OCH3 is 1. The zero-order chi connectivity index (χ0) is 15.9. The molecule has 1 aromatic carbocycles. The van der Waals surface area contributed by atoms with Gasteiger partial charge in [0, 0.05) is 39.1 Å². The average molecular weight is 305 g/mol. The number of hydrogen-bond donors (Lipinski definition) is 1. The Kier molecular flexibility index (Phi) is 6.21. The number of benzene rings is 1. The second kappa shape index (κ2) is 8.15. The van der Waals surface area contributed by atoms with Crippen LogP contribution in [0.2, 0.25) is 0 Å². The summed E-state index contributed by atoms with van der Waals surface area (Å²) < 4.78 is 5.21. The largest absolute Gasteiger partial charge is 0.497 e. The fraction of sp³-hybridized carbons (Fsp3) is 0.588. The van der Waals surface area contributed by atoms with Crippen molar-refractivity contribution in [1.29, 1.82) is 0 Å². The van der Waals surface area contributed by atoms with Gasteiger partial charge in [0.25, 0.3) is 0 Å². The second-order valence-electron chi connectivity index (χ2n) is 5.85. The molecule has 5 nitrogen and oxygen atoms in total. The van der Waals surface area contributed by atoms with Gasteiger partial charge in [-0.3, -0.25) is 9.69 Å². The van der Waals surface area contributed by atoms with Gasteiger partial charge in [-0.25, -0.2) is 0 Å². The molecule has 5 heteroatoms. The van der Waals surface area contributed by atoms with Crippen LogP contribution < -0.4 is 10.1 Å². The Labute approximate surface area is 133 Å². The van der Waals surface area contributed by atoms with Crippen molar-refractivity contribution in [3.8, 4) is 5.75 Å². The second-order valence-corrected chi connectivity index (χ2v) is 5.85. The highest BCUT2D eigenvalue weighted by Gasteiger charge is 2.20. The lowest BCUT2D eigenvalue weighted by atomic mass is 10.1. The van der Waals surface area contributed by atoms with Crippen molar-refractivity contribution in [3.63, 3.8) is 0 Å². The van der Waals surface area contributed by atoms with Crippen LogP contribution in [0.25, 0.3) is 0 Å². The van der Waals surface area contributed by atoms with Gasteiger partial charge in [0.15, 0.2) is 0 Å². The predicted molar refractivity (Wildman–Crippen MR) is 88.1 cm³/mol. The highest BCUT2D eigenvalue weighted by atomic mass is 16.5. The zero-order valence-electron chi connectivity index (χ0n) is 13.8. The minimum atomic E-state index is 0.0294. The summed E-state index contributed by atoms with van der Waals surface area (Å²) in [6.07, 6.45) is 0.509. The number of amides is 1. The molecule has 0 spiro atoms. The van der Waals surface area contributed by atoms with Crippen molar-refractivity contribution < 1.29 is 9.53 Å². The molecule has 1 heterocycles. The molecule has 22 heavy (non-hydrogen) atoms. The van der Waals surface area contributed by atoms with E-state index in [2.05, 4.69) is 22.2 Å². The topological polar surface area (TPSA) is 44.8 Å². The van der Waals surface area contributed by atoms with Crippen LogP contribution in [0.1, 0.15) is 24.9 Å². The predicted octanol–water partition coefficient (Wildman–Crippen LogP) is 1.51. The molecule has 1 N–H and O–H groups in total. The molecule has 0 aromatic heterocycles. The van der Waals surface area contributed by atoms with Gasteiger partial charge < -0.3 is 15.0 Å². The van der Waals surface area contributed by atoms with Crippen molar-refractivity contribution in [2.75, 3.05) is 46.9 Å². The standard InChI is InChI=1S/C17H27N3O2/c1-4-17(21)18-16(13-20-11-9-19(2)10-12-20)14-5-7-15(22-3)8-6-14/h5-8,16H,4,9-13H2,1-3H3,(H,18,21)/t16-/m0/s1. The van der Waals surface area contributed by atoms with Crippen LogP contribution in [0, 0.1) is 0 Å². The van der Waals surface area contributed by atoms with E-state index in [1.54, 1.807) is 7.11 Å². The summed E-state index contributed by atoms with van der Waals surface area (Å²) in [6, 6.07) is 8.00. The number of ether oxygens (including phenoxy) is 1. The molecule has 1 atom stereocenters. The first kappa shape index (κ1) is 16.8. The van der Waals surface area contributed by atoms with Crippen molar-refractivity contribution in [1.82, 2.24) is 15.1 Å². The third-order valence-corrected chi connectivity index (χ3v) is 4.21. The molecule has 0 saturated carbocycles. The van der Waals surface area contributed by atoms with Crippen molar-refractivity contribution in [2.45, 2.75) is 19.4 Å². The molecule has 2 rings (SSSR count). The van der Waals surface area contributed by atoms with Crippen LogP contribution in [-0.2, 0) is 4.79 Å². The van der Waals surface area contributed by atoms with E-state index in [0.29, 0.717) is 6.42 Å². The van der Waals surface area contributed by atoms with Gasteiger partial charge in [0.1, 0.15) is 5.75 Å². The number of nitrogens with one attached hydrogen (secondary N) is 1. The summed E-state index contributed by atoms with van der Waals surface area (Å²) in [5.41, 5.74) is 1.13. The molecule has 1 amide bonds. The Morgan fingerprint density at radius 2 is 1.86 bits per heavy atom. The summed E-state index contributed by atoms with van der Waals surface area (Å²) in [4.78, 5) is 16.6. The lowest BCUT2D eigenvalue weighted by Crippen LogP contribution is -2.47. The molecule has 122 valence electrons. The molecule has 1 aliphatic heterocycles. The van der Waals surface area contributed by atoms with Gasteiger partial charge in [0.2, 0.25) is 5.91 Å². The van der Waals surface area contributed by atoms with Crippen LogP contribution in [0.4, 0.5) is 0 Å². The Balaban J connectivity index is 2.05. The van der Waals surface area contributed by atoms with Crippen LogP contribution in [0.3, 0.4) is 0 Å².